The predicted octanol–water partition coefficient (Wildman–Crippen LogP) is 2.55. The molecule has 6 heteroatoms. The Morgan fingerprint density at radius 2 is 1.91 bits per heavy atom. The van der Waals surface area contributed by atoms with Crippen molar-refractivity contribution in [3.63, 3.8) is 0 Å². The van der Waals surface area contributed by atoms with E-state index in [9.17, 15) is 13.2 Å². The molecule has 2 aliphatic rings. The maximum absolute atomic E-state index is 13.0. The number of carbonyl (C=O) groups is 1. The zero-order valence-corrected chi connectivity index (χ0v) is 14.6. The third kappa shape index (κ3) is 3.02. The molecule has 3 rings (SSSR count). The lowest BCUT2D eigenvalue weighted by atomic mass is 10.1. The van der Waals surface area contributed by atoms with E-state index in [1.54, 1.807) is 34.5 Å². The minimum atomic E-state index is -3.46. The second-order valence-electron chi connectivity index (χ2n) is 6.56. The van der Waals surface area contributed by atoms with E-state index in [2.05, 4.69) is 0 Å². The number of amides is 1. The summed E-state index contributed by atoms with van der Waals surface area (Å²) in [5.74, 6) is 0.0870. The van der Waals surface area contributed by atoms with Crippen LogP contribution in [0.5, 0.6) is 0 Å². The molecule has 1 aromatic rings. The highest BCUT2D eigenvalue weighted by Crippen LogP contribution is 2.31. The first kappa shape index (κ1) is 16.5. The number of hydrogen-bond donors (Lipinski definition) is 0. The summed E-state index contributed by atoms with van der Waals surface area (Å²) in [5, 5.41) is 0. The van der Waals surface area contributed by atoms with Gasteiger partial charge in [-0.15, -0.1) is 0 Å². The summed E-state index contributed by atoms with van der Waals surface area (Å²) in [7, 11) is -1.70. The van der Waals surface area contributed by atoms with Gasteiger partial charge in [-0.1, -0.05) is 6.42 Å². The Morgan fingerprint density at radius 3 is 2.65 bits per heavy atom. The fourth-order valence-corrected chi connectivity index (χ4v) is 5.30. The predicted molar refractivity (Wildman–Crippen MR) is 90.0 cm³/mol. The van der Waals surface area contributed by atoms with Crippen LogP contribution in [0.2, 0.25) is 0 Å². The summed E-state index contributed by atoms with van der Waals surface area (Å²) in [6.45, 7) is 2.57. The molecule has 0 N–H and O–H groups in total. The van der Waals surface area contributed by atoms with Gasteiger partial charge >= 0.3 is 0 Å². The monoisotopic (exact) mass is 336 g/mol. The molecule has 0 saturated carbocycles. The van der Waals surface area contributed by atoms with Gasteiger partial charge in [0, 0.05) is 31.7 Å². The number of aryl methyl sites for hydroxylation is 1. The molecule has 1 aromatic carbocycles. The lowest BCUT2D eigenvalue weighted by Gasteiger charge is -2.32. The summed E-state index contributed by atoms with van der Waals surface area (Å²) in [4.78, 5) is 13.9. The number of nitrogens with zero attached hydrogens (tertiary/aromatic N) is 2. The zero-order chi connectivity index (χ0) is 16.6. The lowest BCUT2D eigenvalue weighted by Crippen LogP contribution is -2.41. The standard InChI is InChI=1S/C17H24N2O3S/c1-13-6-3-4-11-19(13)23(21,22)15-9-10-16-14(12-15)7-5-8-17(20)18(16)2/h9-10,12-13H,3-8,11H2,1-2H3/t13-/m0/s1. The summed E-state index contributed by atoms with van der Waals surface area (Å²) < 4.78 is 27.5. The van der Waals surface area contributed by atoms with Crippen LogP contribution in [0, 0.1) is 0 Å². The van der Waals surface area contributed by atoms with Crippen molar-refractivity contribution in [2.45, 2.75) is 56.4 Å². The van der Waals surface area contributed by atoms with Gasteiger partial charge in [-0.2, -0.15) is 4.31 Å². The van der Waals surface area contributed by atoms with Crippen molar-refractivity contribution in [3.05, 3.63) is 23.8 Å². The van der Waals surface area contributed by atoms with Gasteiger partial charge < -0.3 is 4.90 Å². The van der Waals surface area contributed by atoms with Crippen molar-refractivity contribution in [2.75, 3.05) is 18.5 Å². The largest absolute Gasteiger partial charge is 0.315 e. The third-order valence-electron chi connectivity index (χ3n) is 4.97. The molecule has 5 nitrogen and oxygen atoms in total. The molecule has 0 aliphatic carbocycles. The molecule has 0 bridgehead atoms. The van der Waals surface area contributed by atoms with Crippen LogP contribution >= 0.6 is 0 Å². The molecule has 0 spiro atoms. The Bertz CT molecular complexity index is 715. The molecule has 2 heterocycles. The first-order valence-electron chi connectivity index (χ1n) is 8.32. The quantitative estimate of drug-likeness (QED) is 0.834. The number of anilines is 1. The number of piperidine rings is 1. The first-order chi connectivity index (χ1) is 10.9. The molecule has 23 heavy (non-hydrogen) atoms. The minimum absolute atomic E-state index is 0.0526. The van der Waals surface area contributed by atoms with Crippen molar-refractivity contribution >= 4 is 21.6 Å². The number of sulfonamides is 1. The van der Waals surface area contributed by atoms with Gasteiger partial charge in [0.25, 0.3) is 0 Å². The first-order valence-corrected chi connectivity index (χ1v) is 9.76. The number of hydrogen-bond acceptors (Lipinski definition) is 3. The SMILES string of the molecule is C[C@H]1CCCCN1S(=O)(=O)c1ccc2c(c1)CCCC(=O)N2C. The van der Waals surface area contributed by atoms with Gasteiger partial charge in [0.05, 0.1) is 4.90 Å². The van der Waals surface area contributed by atoms with Crippen LogP contribution in [0.1, 0.15) is 44.6 Å². The molecule has 1 fully saturated rings. The Hall–Kier alpha value is -1.40. The smallest absolute Gasteiger partial charge is 0.243 e. The zero-order valence-electron chi connectivity index (χ0n) is 13.8. The average molecular weight is 336 g/mol. The van der Waals surface area contributed by atoms with Crippen LogP contribution in [0.3, 0.4) is 0 Å². The highest BCUT2D eigenvalue weighted by Gasteiger charge is 2.31. The summed E-state index contributed by atoms with van der Waals surface area (Å²) in [5.41, 5.74) is 1.78. The minimum Gasteiger partial charge on any atom is -0.315 e. The third-order valence-corrected chi connectivity index (χ3v) is 6.98. The van der Waals surface area contributed by atoms with E-state index in [1.807, 2.05) is 6.92 Å². The Morgan fingerprint density at radius 1 is 1.13 bits per heavy atom. The van der Waals surface area contributed by atoms with Gasteiger partial charge in [0.2, 0.25) is 15.9 Å². The highest BCUT2D eigenvalue weighted by atomic mass is 32.2. The van der Waals surface area contributed by atoms with Crippen LogP contribution in [-0.2, 0) is 21.2 Å². The number of fused-ring (bicyclic) bond motifs is 1. The maximum atomic E-state index is 13.0. The average Bonchev–Trinajstić information content (AvgIpc) is 2.67. The normalized spacial score (nSPS) is 23.5. The van der Waals surface area contributed by atoms with E-state index in [4.69, 9.17) is 0 Å². The van der Waals surface area contributed by atoms with Crippen molar-refractivity contribution in [2.24, 2.45) is 0 Å². The van der Waals surface area contributed by atoms with E-state index >= 15 is 0 Å². The fraction of sp³-hybridized carbons (Fsp3) is 0.588. The van der Waals surface area contributed by atoms with Crippen molar-refractivity contribution in [3.8, 4) is 0 Å². The second kappa shape index (κ2) is 6.24. The number of rotatable bonds is 2. The Balaban J connectivity index is 1.98. The van der Waals surface area contributed by atoms with Gasteiger partial charge in [0.15, 0.2) is 0 Å². The van der Waals surface area contributed by atoms with Gasteiger partial charge in [-0.3, -0.25) is 4.79 Å². The van der Waals surface area contributed by atoms with Gasteiger partial charge in [-0.05, 0) is 56.4 Å². The van der Waals surface area contributed by atoms with Gasteiger partial charge in [-0.25, -0.2) is 8.42 Å². The molecular weight excluding hydrogens is 312 g/mol. The number of carbonyl (C=O) groups excluding carboxylic acids is 1. The van der Waals surface area contributed by atoms with Crippen molar-refractivity contribution in [1.82, 2.24) is 4.31 Å². The van der Waals surface area contributed by atoms with Crippen molar-refractivity contribution < 1.29 is 13.2 Å². The lowest BCUT2D eigenvalue weighted by molar-refractivity contribution is -0.118. The molecular formula is C17H24N2O3S. The summed E-state index contributed by atoms with van der Waals surface area (Å²) >= 11 is 0. The Labute approximate surface area is 138 Å². The van der Waals surface area contributed by atoms with E-state index < -0.39 is 10.0 Å². The Kier molecular flexibility index (Phi) is 4.47. The molecule has 2 aliphatic heterocycles. The van der Waals surface area contributed by atoms with Gasteiger partial charge in [0.1, 0.15) is 0 Å². The molecule has 126 valence electrons. The second-order valence-corrected chi connectivity index (χ2v) is 8.45. The summed E-state index contributed by atoms with van der Waals surface area (Å²) in [6, 6.07) is 5.24. The van der Waals surface area contributed by atoms with Crippen LogP contribution in [-0.4, -0.2) is 38.3 Å². The van der Waals surface area contributed by atoms with E-state index in [0.717, 1.165) is 43.4 Å². The van der Waals surface area contributed by atoms with Crippen LogP contribution in [0.4, 0.5) is 5.69 Å². The summed E-state index contributed by atoms with van der Waals surface area (Å²) in [6.07, 6.45) is 4.94. The molecule has 1 atom stereocenters. The topological polar surface area (TPSA) is 57.7 Å². The fourth-order valence-electron chi connectivity index (χ4n) is 3.55. The van der Waals surface area contributed by atoms with Crippen molar-refractivity contribution in [1.29, 1.82) is 0 Å². The molecule has 1 saturated heterocycles. The van der Waals surface area contributed by atoms with E-state index in [0.29, 0.717) is 17.9 Å². The molecule has 1 amide bonds. The van der Waals surface area contributed by atoms with Crippen LogP contribution in [0.25, 0.3) is 0 Å². The number of benzene rings is 1. The molecule has 0 radical (unpaired) electrons. The highest BCUT2D eigenvalue weighted by molar-refractivity contribution is 7.89. The van der Waals surface area contributed by atoms with Crippen LogP contribution < -0.4 is 4.90 Å². The van der Waals surface area contributed by atoms with E-state index in [1.165, 1.54) is 0 Å². The van der Waals surface area contributed by atoms with Crippen LogP contribution in [0.15, 0.2) is 23.1 Å². The maximum Gasteiger partial charge on any atom is 0.243 e. The molecule has 0 unspecified atom stereocenters. The van der Waals surface area contributed by atoms with E-state index in [-0.39, 0.29) is 11.9 Å². The molecule has 0 aromatic heterocycles.